The van der Waals surface area contributed by atoms with Crippen molar-refractivity contribution in [1.82, 2.24) is 10.6 Å². The first kappa shape index (κ1) is 21.6. The molecule has 2 aromatic carbocycles. The second-order valence-electron chi connectivity index (χ2n) is 6.74. The lowest BCUT2D eigenvalue weighted by Gasteiger charge is -2.19. The minimum atomic E-state index is -0.134. The van der Waals surface area contributed by atoms with E-state index in [1.165, 1.54) is 6.07 Å². The highest BCUT2D eigenvalue weighted by Crippen LogP contribution is 2.48. The van der Waals surface area contributed by atoms with Crippen LogP contribution in [0.1, 0.15) is 36.5 Å². The highest BCUT2D eigenvalue weighted by molar-refractivity contribution is 14.0. The average molecular weight is 483 g/mol. The molecule has 0 amide bonds. The van der Waals surface area contributed by atoms with Gasteiger partial charge in [-0.1, -0.05) is 42.5 Å². The van der Waals surface area contributed by atoms with Gasteiger partial charge in [-0.25, -0.2) is 9.38 Å². The summed E-state index contributed by atoms with van der Waals surface area (Å²) in [7, 11) is 0. The average Bonchev–Trinajstić information content (AvgIpc) is 3.45. The lowest BCUT2D eigenvalue weighted by atomic mass is 9.95. The molecule has 3 N–H and O–H groups in total. The molecule has 0 aromatic heterocycles. The molecule has 3 rings (SSSR count). The molecule has 0 aliphatic heterocycles. The highest BCUT2D eigenvalue weighted by Gasteiger charge is 2.45. The van der Waals surface area contributed by atoms with E-state index in [0.717, 1.165) is 36.1 Å². The topological polar surface area (TPSA) is 56.7 Å². The Balaban J connectivity index is 0.00000261. The molecule has 0 saturated heterocycles. The zero-order valence-corrected chi connectivity index (χ0v) is 17.9. The molecule has 6 heteroatoms. The van der Waals surface area contributed by atoms with Gasteiger partial charge < -0.3 is 15.7 Å². The summed E-state index contributed by atoms with van der Waals surface area (Å²) in [4.78, 5) is 4.63. The molecule has 0 heterocycles. The number of rotatable bonds is 7. The van der Waals surface area contributed by atoms with E-state index < -0.39 is 0 Å². The summed E-state index contributed by atoms with van der Waals surface area (Å²) in [5.74, 6) is 0.577. The Hall–Kier alpha value is -1.67. The van der Waals surface area contributed by atoms with Gasteiger partial charge in [-0.2, -0.15) is 0 Å². The van der Waals surface area contributed by atoms with Crippen LogP contribution in [-0.2, 0) is 18.6 Å². The van der Waals surface area contributed by atoms with Crippen molar-refractivity contribution in [3.63, 3.8) is 0 Å². The Kier molecular flexibility index (Phi) is 8.04. The van der Waals surface area contributed by atoms with Crippen molar-refractivity contribution in [2.24, 2.45) is 4.99 Å². The number of aliphatic hydroxyl groups excluding tert-OH is 1. The van der Waals surface area contributed by atoms with Crippen LogP contribution in [0.2, 0.25) is 0 Å². The van der Waals surface area contributed by atoms with E-state index in [-0.39, 0.29) is 41.8 Å². The Bertz CT molecular complexity index is 778. The molecule has 1 saturated carbocycles. The third-order valence-corrected chi connectivity index (χ3v) is 4.93. The first-order valence-corrected chi connectivity index (χ1v) is 9.13. The van der Waals surface area contributed by atoms with Crippen LogP contribution in [0.4, 0.5) is 4.39 Å². The fourth-order valence-corrected chi connectivity index (χ4v) is 3.21. The highest BCUT2D eigenvalue weighted by atomic mass is 127. The summed E-state index contributed by atoms with van der Waals surface area (Å²) in [5, 5.41) is 16.0. The van der Waals surface area contributed by atoms with Gasteiger partial charge in [0.1, 0.15) is 5.82 Å². The quantitative estimate of drug-likeness (QED) is 0.320. The molecule has 0 bridgehead atoms. The van der Waals surface area contributed by atoms with Gasteiger partial charge in [0.25, 0.3) is 0 Å². The second-order valence-corrected chi connectivity index (χ2v) is 6.74. The maximum absolute atomic E-state index is 14.2. The summed E-state index contributed by atoms with van der Waals surface area (Å²) >= 11 is 0. The first-order valence-electron chi connectivity index (χ1n) is 9.13. The molecule has 4 nitrogen and oxygen atoms in total. The molecule has 2 aromatic rings. The zero-order valence-electron chi connectivity index (χ0n) is 15.5. The maximum atomic E-state index is 14.2. The molecular weight excluding hydrogens is 456 g/mol. The van der Waals surface area contributed by atoms with Gasteiger partial charge in [0.15, 0.2) is 5.96 Å². The van der Waals surface area contributed by atoms with Gasteiger partial charge in [-0.15, -0.1) is 24.0 Å². The van der Waals surface area contributed by atoms with E-state index >= 15 is 0 Å². The fourth-order valence-electron chi connectivity index (χ4n) is 3.21. The van der Waals surface area contributed by atoms with Crippen molar-refractivity contribution >= 4 is 29.9 Å². The first-order chi connectivity index (χ1) is 12.7. The molecule has 0 unspecified atom stereocenters. The van der Waals surface area contributed by atoms with Crippen molar-refractivity contribution < 1.29 is 9.50 Å². The van der Waals surface area contributed by atoms with Gasteiger partial charge >= 0.3 is 0 Å². The van der Waals surface area contributed by atoms with Crippen molar-refractivity contribution in [3.05, 3.63) is 71.0 Å². The molecule has 146 valence electrons. The Morgan fingerprint density at radius 3 is 2.37 bits per heavy atom. The van der Waals surface area contributed by atoms with Gasteiger partial charge in [-0.3, -0.25) is 0 Å². The van der Waals surface area contributed by atoms with Crippen LogP contribution in [0.5, 0.6) is 0 Å². The van der Waals surface area contributed by atoms with Crippen LogP contribution >= 0.6 is 24.0 Å². The Labute approximate surface area is 177 Å². The zero-order chi connectivity index (χ0) is 18.4. The third-order valence-electron chi connectivity index (χ3n) is 4.93. The third kappa shape index (κ3) is 5.42. The molecule has 0 spiro atoms. The number of hydrogen-bond acceptors (Lipinski definition) is 2. The number of aliphatic imine (C=N–C) groups is 1. The van der Waals surface area contributed by atoms with Crippen LogP contribution in [-0.4, -0.2) is 24.2 Å². The second kappa shape index (κ2) is 10.0. The minimum absolute atomic E-state index is 0. The van der Waals surface area contributed by atoms with Crippen LogP contribution in [0, 0.1) is 5.82 Å². The van der Waals surface area contributed by atoms with E-state index in [9.17, 15) is 9.50 Å². The number of halogens is 2. The monoisotopic (exact) mass is 483 g/mol. The molecule has 27 heavy (non-hydrogen) atoms. The van der Waals surface area contributed by atoms with Gasteiger partial charge in [0.05, 0.1) is 13.2 Å². The maximum Gasteiger partial charge on any atom is 0.191 e. The molecular formula is C21H27FIN3O. The standard InChI is InChI=1S/C21H26FN3O.HI/c1-2-23-20(24-13-16-7-3-4-8-17(16)14-26)25-15-21(11-12-21)18-9-5-6-10-19(18)22;/h3-10,26H,2,11-15H2,1H3,(H2,23,24,25);1H. The number of benzene rings is 2. The molecule has 0 atom stereocenters. The van der Waals surface area contributed by atoms with E-state index in [0.29, 0.717) is 19.0 Å². The normalized spacial score (nSPS) is 15.0. The Morgan fingerprint density at radius 2 is 1.74 bits per heavy atom. The van der Waals surface area contributed by atoms with Crippen molar-refractivity contribution in [1.29, 1.82) is 0 Å². The van der Waals surface area contributed by atoms with Gasteiger partial charge in [-0.05, 0) is 42.5 Å². The Morgan fingerprint density at radius 1 is 1.07 bits per heavy atom. The van der Waals surface area contributed by atoms with Gasteiger partial charge in [0, 0.05) is 18.5 Å². The van der Waals surface area contributed by atoms with Crippen LogP contribution < -0.4 is 10.6 Å². The molecule has 1 fully saturated rings. The molecule has 1 aliphatic carbocycles. The number of hydrogen-bond donors (Lipinski definition) is 3. The van der Waals surface area contributed by atoms with Crippen LogP contribution in [0.25, 0.3) is 0 Å². The number of aliphatic hydroxyl groups is 1. The van der Waals surface area contributed by atoms with E-state index in [4.69, 9.17) is 0 Å². The van der Waals surface area contributed by atoms with E-state index in [1.54, 1.807) is 6.07 Å². The van der Waals surface area contributed by atoms with E-state index in [2.05, 4.69) is 15.6 Å². The molecule has 0 radical (unpaired) electrons. The lowest BCUT2D eigenvalue weighted by molar-refractivity contribution is 0.280. The summed E-state index contributed by atoms with van der Waals surface area (Å²) in [6.07, 6.45) is 1.96. The summed E-state index contributed by atoms with van der Waals surface area (Å²) in [5.41, 5.74) is 2.54. The van der Waals surface area contributed by atoms with Crippen LogP contribution in [0.15, 0.2) is 53.5 Å². The summed E-state index contributed by atoms with van der Waals surface area (Å²) in [6.45, 7) is 3.91. The van der Waals surface area contributed by atoms with Crippen molar-refractivity contribution in [2.45, 2.75) is 38.3 Å². The SMILES string of the molecule is CCNC(=NCc1ccccc1CO)NCC1(c2ccccc2F)CC1.I. The predicted molar refractivity (Wildman–Crippen MR) is 118 cm³/mol. The summed E-state index contributed by atoms with van der Waals surface area (Å²) in [6, 6.07) is 14.8. The number of nitrogens with zero attached hydrogens (tertiary/aromatic N) is 1. The lowest BCUT2D eigenvalue weighted by Crippen LogP contribution is -2.41. The van der Waals surface area contributed by atoms with E-state index in [1.807, 2.05) is 43.3 Å². The number of guanidine groups is 1. The fraction of sp³-hybridized carbons (Fsp3) is 0.381. The van der Waals surface area contributed by atoms with Crippen molar-refractivity contribution in [2.75, 3.05) is 13.1 Å². The van der Waals surface area contributed by atoms with Crippen molar-refractivity contribution in [3.8, 4) is 0 Å². The molecule has 1 aliphatic rings. The van der Waals surface area contributed by atoms with Gasteiger partial charge in [0.2, 0.25) is 0 Å². The van der Waals surface area contributed by atoms with Crippen LogP contribution in [0.3, 0.4) is 0 Å². The largest absolute Gasteiger partial charge is 0.392 e. The smallest absolute Gasteiger partial charge is 0.191 e. The summed E-state index contributed by atoms with van der Waals surface area (Å²) < 4.78 is 14.2. The predicted octanol–water partition coefficient (Wildman–Crippen LogP) is 3.72. The minimum Gasteiger partial charge on any atom is -0.392 e. The number of nitrogens with one attached hydrogen (secondary N) is 2.